The molecule has 0 aromatic rings. The highest BCUT2D eigenvalue weighted by Crippen LogP contribution is 2.16. The van der Waals surface area contributed by atoms with Gasteiger partial charge in [-0.3, -0.25) is 4.79 Å². The van der Waals surface area contributed by atoms with Gasteiger partial charge >= 0.3 is 0 Å². The monoisotopic (exact) mass is 200 g/mol. The van der Waals surface area contributed by atoms with Crippen molar-refractivity contribution in [2.75, 3.05) is 26.7 Å². The fourth-order valence-corrected chi connectivity index (χ4v) is 1.72. The normalized spacial score (nSPS) is 18.3. The van der Waals surface area contributed by atoms with Crippen LogP contribution in [0.4, 0.5) is 0 Å². The van der Waals surface area contributed by atoms with Gasteiger partial charge in [0.1, 0.15) is 0 Å². The molecule has 0 aromatic carbocycles. The second-order valence-corrected chi connectivity index (χ2v) is 3.32. The van der Waals surface area contributed by atoms with Crippen molar-refractivity contribution in [2.45, 2.75) is 33.6 Å². The van der Waals surface area contributed by atoms with Crippen molar-refractivity contribution in [1.29, 1.82) is 0 Å². The highest BCUT2D eigenvalue weighted by atomic mass is 16.1. The van der Waals surface area contributed by atoms with Gasteiger partial charge in [-0.15, -0.1) is 0 Å². The summed E-state index contributed by atoms with van der Waals surface area (Å²) < 4.78 is 0. The molecule has 1 amide bonds. The Labute approximate surface area is 87.9 Å². The third-order valence-electron chi connectivity index (χ3n) is 2.65. The average molecular weight is 200 g/mol. The first-order valence-electron chi connectivity index (χ1n) is 5.72. The fourth-order valence-electron chi connectivity index (χ4n) is 1.72. The van der Waals surface area contributed by atoms with Gasteiger partial charge in [0.15, 0.2) is 0 Å². The number of rotatable bonds is 2. The van der Waals surface area contributed by atoms with E-state index in [1.165, 1.54) is 0 Å². The van der Waals surface area contributed by atoms with Crippen LogP contribution in [-0.2, 0) is 4.79 Å². The first-order valence-corrected chi connectivity index (χ1v) is 5.72. The van der Waals surface area contributed by atoms with Crippen molar-refractivity contribution in [3.8, 4) is 0 Å². The maximum absolute atomic E-state index is 11.2. The molecular formula is C11H24N2O. The molecule has 1 aliphatic rings. The zero-order chi connectivity index (χ0) is 11.0. The second-order valence-electron chi connectivity index (χ2n) is 3.32. The average Bonchev–Trinajstić information content (AvgIpc) is 2.31. The quantitative estimate of drug-likeness (QED) is 0.732. The predicted molar refractivity (Wildman–Crippen MR) is 60.3 cm³/mol. The van der Waals surface area contributed by atoms with Crippen LogP contribution in [0.1, 0.15) is 33.6 Å². The lowest BCUT2D eigenvalue weighted by atomic mass is 9.96. The minimum atomic E-state index is 0.214. The van der Waals surface area contributed by atoms with Crippen LogP contribution in [-0.4, -0.2) is 37.5 Å². The Hall–Kier alpha value is -0.570. The van der Waals surface area contributed by atoms with Crippen molar-refractivity contribution < 1.29 is 4.79 Å². The largest absolute Gasteiger partial charge is 0.359 e. The molecule has 1 rings (SSSR count). The standard InChI is InChI=1S/C9H18N2O.C2H6/c1-3-11-6-4-8(5-7-11)9(12)10-2;1-2/h8H,3-7H2,1-2H3,(H,10,12);1-2H3. The van der Waals surface area contributed by atoms with E-state index in [2.05, 4.69) is 17.1 Å². The molecule has 0 atom stereocenters. The zero-order valence-electron chi connectivity index (χ0n) is 9.97. The van der Waals surface area contributed by atoms with E-state index in [-0.39, 0.29) is 11.8 Å². The molecule has 0 radical (unpaired) electrons. The summed E-state index contributed by atoms with van der Waals surface area (Å²) in [6.45, 7) is 9.43. The number of carbonyl (C=O) groups is 1. The van der Waals surface area contributed by atoms with E-state index < -0.39 is 0 Å². The van der Waals surface area contributed by atoms with Crippen molar-refractivity contribution >= 4 is 5.91 Å². The lowest BCUT2D eigenvalue weighted by Crippen LogP contribution is -2.39. The summed E-state index contributed by atoms with van der Waals surface area (Å²) in [6.07, 6.45) is 2.04. The van der Waals surface area contributed by atoms with Gasteiger partial charge in [-0.2, -0.15) is 0 Å². The lowest BCUT2D eigenvalue weighted by Gasteiger charge is -2.29. The Morgan fingerprint density at radius 2 is 1.86 bits per heavy atom. The summed E-state index contributed by atoms with van der Waals surface area (Å²) in [6, 6.07) is 0. The molecule has 0 aliphatic carbocycles. The molecule has 0 saturated carbocycles. The van der Waals surface area contributed by atoms with Crippen LogP contribution in [0.2, 0.25) is 0 Å². The number of hydrogen-bond acceptors (Lipinski definition) is 2. The number of piperidine rings is 1. The van der Waals surface area contributed by atoms with Gasteiger partial charge in [-0.25, -0.2) is 0 Å². The van der Waals surface area contributed by atoms with Crippen molar-refractivity contribution in [1.82, 2.24) is 10.2 Å². The fraction of sp³-hybridized carbons (Fsp3) is 0.909. The Bertz CT molecular complexity index is 151. The van der Waals surface area contributed by atoms with Crippen LogP contribution in [0.25, 0.3) is 0 Å². The molecule has 3 nitrogen and oxygen atoms in total. The van der Waals surface area contributed by atoms with Crippen LogP contribution in [0.3, 0.4) is 0 Å². The van der Waals surface area contributed by atoms with E-state index in [0.29, 0.717) is 0 Å². The Morgan fingerprint density at radius 1 is 1.36 bits per heavy atom. The third-order valence-corrected chi connectivity index (χ3v) is 2.65. The lowest BCUT2D eigenvalue weighted by molar-refractivity contribution is -0.125. The molecule has 1 saturated heterocycles. The topological polar surface area (TPSA) is 32.3 Å². The van der Waals surface area contributed by atoms with Gasteiger partial charge in [0.25, 0.3) is 0 Å². The second kappa shape index (κ2) is 7.80. The van der Waals surface area contributed by atoms with Crippen LogP contribution in [0.15, 0.2) is 0 Å². The van der Waals surface area contributed by atoms with Crippen molar-refractivity contribution in [3.05, 3.63) is 0 Å². The van der Waals surface area contributed by atoms with E-state index in [4.69, 9.17) is 0 Å². The van der Waals surface area contributed by atoms with E-state index in [1.54, 1.807) is 7.05 Å². The van der Waals surface area contributed by atoms with Gasteiger partial charge < -0.3 is 10.2 Å². The first kappa shape index (κ1) is 13.4. The highest BCUT2D eigenvalue weighted by Gasteiger charge is 2.22. The van der Waals surface area contributed by atoms with Gasteiger partial charge in [-0.1, -0.05) is 20.8 Å². The SMILES string of the molecule is CC.CCN1CCC(C(=O)NC)CC1. The van der Waals surface area contributed by atoms with Gasteiger partial charge in [0.05, 0.1) is 0 Å². The number of amides is 1. The summed E-state index contributed by atoms with van der Waals surface area (Å²) in [5, 5.41) is 2.71. The van der Waals surface area contributed by atoms with Crippen LogP contribution < -0.4 is 5.32 Å². The molecule has 1 N–H and O–H groups in total. The molecule has 1 heterocycles. The molecule has 14 heavy (non-hydrogen) atoms. The first-order chi connectivity index (χ1) is 6.77. The summed E-state index contributed by atoms with van der Waals surface area (Å²) in [7, 11) is 1.72. The number of nitrogens with zero attached hydrogens (tertiary/aromatic N) is 1. The summed E-state index contributed by atoms with van der Waals surface area (Å²) >= 11 is 0. The number of carbonyl (C=O) groups excluding carboxylic acids is 1. The summed E-state index contributed by atoms with van der Waals surface area (Å²) in [5.41, 5.74) is 0. The van der Waals surface area contributed by atoms with Gasteiger partial charge in [0.2, 0.25) is 5.91 Å². The smallest absolute Gasteiger partial charge is 0.222 e. The molecule has 0 spiro atoms. The third kappa shape index (κ3) is 4.09. The molecule has 1 fully saturated rings. The number of likely N-dealkylation sites (tertiary alicyclic amines) is 1. The molecule has 0 aromatic heterocycles. The minimum Gasteiger partial charge on any atom is -0.359 e. The number of nitrogens with one attached hydrogen (secondary N) is 1. The zero-order valence-corrected chi connectivity index (χ0v) is 9.97. The van der Waals surface area contributed by atoms with Gasteiger partial charge in [0, 0.05) is 13.0 Å². The molecule has 84 valence electrons. The maximum atomic E-state index is 11.2. The summed E-state index contributed by atoms with van der Waals surface area (Å²) in [5.74, 6) is 0.476. The summed E-state index contributed by atoms with van der Waals surface area (Å²) in [4.78, 5) is 13.6. The maximum Gasteiger partial charge on any atom is 0.222 e. The molecule has 0 bridgehead atoms. The van der Waals surface area contributed by atoms with E-state index in [1.807, 2.05) is 13.8 Å². The minimum absolute atomic E-state index is 0.214. The van der Waals surface area contributed by atoms with Crippen LogP contribution in [0.5, 0.6) is 0 Å². The highest BCUT2D eigenvalue weighted by molar-refractivity contribution is 5.78. The van der Waals surface area contributed by atoms with Gasteiger partial charge in [-0.05, 0) is 32.5 Å². The number of hydrogen-bond donors (Lipinski definition) is 1. The molecule has 3 heteroatoms. The Kier molecular flexibility index (Phi) is 7.48. The van der Waals surface area contributed by atoms with E-state index >= 15 is 0 Å². The van der Waals surface area contributed by atoms with E-state index in [9.17, 15) is 4.79 Å². The Balaban J connectivity index is 0.000000791. The predicted octanol–water partition coefficient (Wildman–Crippen LogP) is 1.49. The van der Waals surface area contributed by atoms with E-state index in [0.717, 1.165) is 32.5 Å². The molecule has 1 aliphatic heterocycles. The van der Waals surface area contributed by atoms with Crippen LogP contribution >= 0.6 is 0 Å². The van der Waals surface area contributed by atoms with Crippen LogP contribution in [0, 0.1) is 5.92 Å². The molecule has 0 unspecified atom stereocenters. The van der Waals surface area contributed by atoms with Crippen molar-refractivity contribution in [2.24, 2.45) is 5.92 Å². The molecular weight excluding hydrogens is 176 g/mol. The van der Waals surface area contributed by atoms with Crippen molar-refractivity contribution in [3.63, 3.8) is 0 Å². The Morgan fingerprint density at radius 3 is 2.21 bits per heavy atom.